The fourth-order valence-corrected chi connectivity index (χ4v) is 6.37. The number of hydrogen-bond donors (Lipinski definition) is 3. The van der Waals surface area contributed by atoms with Crippen LogP contribution in [0.4, 0.5) is 10.1 Å². The lowest BCUT2D eigenvalue weighted by Gasteiger charge is -2.40. The first-order valence-electron chi connectivity index (χ1n) is 15.6. The van der Waals surface area contributed by atoms with E-state index in [1.54, 1.807) is 50.2 Å². The van der Waals surface area contributed by atoms with Crippen molar-refractivity contribution in [2.45, 2.75) is 84.0 Å². The van der Waals surface area contributed by atoms with Crippen LogP contribution in [-0.2, 0) is 27.4 Å². The average Bonchev–Trinajstić information content (AvgIpc) is 3.36. The molecule has 0 aliphatic carbocycles. The van der Waals surface area contributed by atoms with Crippen LogP contribution in [0, 0.1) is 5.82 Å². The highest BCUT2D eigenvalue weighted by Crippen LogP contribution is 2.43. The minimum Gasteiger partial charge on any atom is -0.481 e. The van der Waals surface area contributed by atoms with Crippen LogP contribution in [0.2, 0.25) is 0 Å². The third kappa shape index (κ3) is 7.55. The van der Waals surface area contributed by atoms with E-state index in [4.69, 9.17) is 9.47 Å². The Hall–Kier alpha value is -4.31. The second kappa shape index (κ2) is 14.0. The number of benzene rings is 3. The number of amides is 1. The molecule has 46 heavy (non-hydrogen) atoms. The summed E-state index contributed by atoms with van der Waals surface area (Å²) in [6.45, 7) is 8.02. The molecule has 5 rings (SSSR count). The van der Waals surface area contributed by atoms with Crippen molar-refractivity contribution in [2.24, 2.45) is 0 Å². The third-order valence-corrected chi connectivity index (χ3v) is 8.16. The molecule has 1 aliphatic heterocycles. The number of halogens is 1. The van der Waals surface area contributed by atoms with Crippen LogP contribution in [-0.4, -0.2) is 44.7 Å². The number of nitrogens with zero attached hydrogens (tertiary/aromatic N) is 1. The Morgan fingerprint density at radius 1 is 0.957 bits per heavy atom. The molecule has 2 atom stereocenters. The molecular weight excluding hydrogens is 587 g/mol. The molecule has 2 heterocycles. The number of ether oxygens (including phenoxy) is 2. The number of hydrogen-bond acceptors (Lipinski definition) is 5. The zero-order chi connectivity index (χ0) is 33.0. The summed E-state index contributed by atoms with van der Waals surface area (Å²) in [5.41, 5.74) is 5.77. The Morgan fingerprint density at radius 2 is 1.61 bits per heavy atom. The van der Waals surface area contributed by atoms with Gasteiger partial charge in [0.05, 0.1) is 36.5 Å². The number of carbonyl (C=O) groups is 2. The van der Waals surface area contributed by atoms with Crippen molar-refractivity contribution in [3.63, 3.8) is 0 Å². The van der Waals surface area contributed by atoms with Crippen LogP contribution >= 0.6 is 0 Å². The second-order valence-electron chi connectivity index (χ2n) is 12.5. The fraction of sp³-hybridized carbons (Fsp3) is 0.351. The lowest BCUT2D eigenvalue weighted by Crippen LogP contribution is -2.45. The lowest BCUT2D eigenvalue weighted by molar-refractivity contribution is -0.300. The summed E-state index contributed by atoms with van der Waals surface area (Å²) in [7, 11) is 0. The van der Waals surface area contributed by atoms with E-state index < -0.39 is 17.9 Å². The summed E-state index contributed by atoms with van der Waals surface area (Å²) in [6, 6.07) is 23.0. The third-order valence-electron chi connectivity index (χ3n) is 8.16. The van der Waals surface area contributed by atoms with Crippen molar-refractivity contribution in [1.82, 2.24) is 4.57 Å². The SMILES string of the molecule is CC(C)c1c(C(=O)Nc2ccc(CO)cc2)c(-c2ccccc2)c(-c2ccc(F)cc2)n1CC[C@@H]1C[C@H](CC(=O)O)OC(C)(C)O1. The molecule has 3 aromatic carbocycles. The minimum atomic E-state index is -0.952. The molecule has 1 amide bonds. The number of rotatable bonds is 11. The smallest absolute Gasteiger partial charge is 0.305 e. The number of carboxylic acids is 1. The summed E-state index contributed by atoms with van der Waals surface area (Å²) in [6.07, 6.45) is 0.0492. The molecule has 8 nitrogen and oxygen atoms in total. The van der Waals surface area contributed by atoms with Gasteiger partial charge in [0.15, 0.2) is 5.79 Å². The second-order valence-corrected chi connectivity index (χ2v) is 12.5. The van der Waals surface area contributed by atoms with E-state index in [0.29, 0.717) is 30.6 Å². The number of aliphatic hydroxyl groups excluding tert-OH is 1. The van der Waals surface area contributed by atoms with Gasteiger partial charge in [0.2, 0.25) is 0 Å². The molecule has 0 bridgehead atoms. The van der Waals surface area contributed by atoms with Crippen molar-refractivity contribution in [3.05, 3.63) is 102 Å². The molecule has 0 spiro atoms. The van der Waals surface area contributed by atoms with Gasteiger partial charge in [0, 0.05) is 29.9 Å². The zero-order valence-electron chi connectivity index (χ0n) is 26.6. The van der Waals surface area contributed by atoms with Gasteiger partial charge in [-0.05, 0) is 79.3 Å². The van der Waals surface area contributed by atoms with Gasteiger partial charge in [-0.15, -0.1) is 0 Å². The molecular formula is C37H41FN2O6. The molecule has 9 heteroatoms. The first-order valence-corrected chi connectivity index (χ1v) is 15.6. The molecule has 242 valence electrons. The number of carbonyl (C=O) groups excluding carboxylic acids is 1. The lowest BCUT2D eigenvalue weighted by atomic mass is 9.94. The molecule has 1 fully saturated rings. The maximum absolute atomic E-state index is 14.3. The molecule has 1 saturated heterocycles. The maximum atomic E-state index is 14.3. The normalized spacial score (nSPS) is 17.6. The number of aliphatic carboxylic acids is 1. The molecule has 0 unspecified atom stereocenters. The molecule has 3 N–H and O–H groups in total. The van der Waals surface area contributed by atoms with Gasteiger partial charge in [0.25, 0.3) is 5.91 Å². The van der Waals surface area contributed by atoms with Crippen LogP contribution in [0.3, 0.4) is 0 Å². The van der Waals surface area contributed by atoms with Gasteiger partial charge in [-0.1, -0.05) is 56.3 Å². The molecule has 0 saturated carbocycles. The van der Waals surface area contributed by atoms with E-state index in [2.05, 4.69) is 9.88 Å². The van der Waals surface area contributed by atoms with Gasteiger partial charge in [-0.2, -0.15) is 0 Å². The van der Waals surface area contributed by atoms with Crippen LogP contribution in [0.15, 0.2) is 78.9 Å². The van der Waals surface area contributed by atoms with Gasteiger partial charge in [-0.3, -0.25) is 9.59 Å². The average molecular weight is 629 g/mol. The van der Waals surface area contributed by atoms with E-state index in [-0.39, 0.29) is 36.8 Å². The van der Waals surface area contributed by atoms with Crippen LogP contribution in [0.25, 0.3) is 22.4 Å². The Bertz CT molecular complexity index is 1660. The van der Waals surface area contributed by atoms with E-state index in [0.717, 1.165) is 33.6 Å². The van der Waals surface area contributed by atoms with Crippen LogP contribution < -0.4 is 5.32 Å². The minimum absolute atomic E-state index is 0.0824. The highest BCUT2D eigenvalue weighted by atomic mass is 19.1. The monoisotopic (exact) mass is 628 g/mol. The Balaban J connectivity index is 1.65. The Labute approximate surface area is 268 Å². The molecule has 1 aromatic heterocycles. The zero-order valence-corrected chi connectivity index (χ0v) is 26.6. The van der Waals surface area contributed by atoms with Crippen molar-refractivity contribution in [1.29, 1.82) is 0 Å². The maximum Gasteiger partial charge on any atom is 0.305 e. The predicted octanol–water partition coefficient (Wildman–Crippen LogP) is 7.60. The van der Waals surface area contributed by atoms with Gasteiger partial charge < -0.3 is 29.6 Å². The molecule has 4 aromatic rings. The summed E-state index contributed by atoms with van der Waals surface area (Å²) in [4.78, 5) is 25.9. The van der Waals surface area contributed by atoms with Crippen molar-refractivity contribution < 1.29 is 33.7 Å². The first-order chi connectivity index (χ1) is 22.0. The summed E-state index contributed by atoms with van der Waals surface area (Å²) in [5.74, 6) is -2.61. The topological polar surface area (TPSA) is 110 Å². The highest BCUT2D eigenvalue weighted by Gasteiger charge is 2.37. The first kappa shape index (κ1) is 33.1. The Kier molecular flexibility index (Phi) is 10.1. The number of aromatic nitrogens is 1. The van der Waals surface area contributed by atoms with Crippen molar-refractivity contribution >= 4 is 17.6 Å². The van der Waals surface area contributed by atoms with Gasteiger partial charge >= 0.3 is 5.97 Å². The molecule has 1 aliphatic rings. The van der Waals surface area contributed by atoms with E-state index in [1.807, 2.05) is 44.2 Å². The number of anilines is 1. The highest BCUT2D eigenvalue weighted by molar-refractivity contribution is 6.12. The van der Waals surface area contributed by atoms with Crippen molar-refractivity contribution in [2.75, 3.05) is 5.32 Å². The number of carboxylic acid groups (broad SMARTS) is 1. The largest absolute Gasteiger partial charge is 0.481 e. The number of aliphatic hydroxyl groups is 1. The van der Waals surface area contributed by atoms with Gasteiger partial charge in [-0.25, -0.2) is 4.39 Å². The van der Waals surface area contributed by atoms with E-state index in [1.165, 1.54) is 12.1 Å². The summed E-state index contributed by atoms with van der Waals surface area (Å²) in [5, 5.41) is 22.0. The van der Waals surface area contributed by atoms with E-state index in [9.17, 15) is 24.2 Å². The van der Waals surface area contributed by atoms with Crippen LogP contribution in [0.5, 0.6) is 0 Å². The summed E-state index contributed by atoms with van der Waals surface area (Å²) < 4.78 is 28.5. The molecule has 0 radical (unpaired) electrons. The predicted molar refractivity (Wildman–Crippen MR) is 175 cm³/mol. The van der Waals surface area contributed by atoms with E-state index >= 15 is 0 Å². The number of nitrogens with one attached hydrogen (secondary N) is 1. The fourth-order valence-electron chi connectivity index (χ4n) is 6.37. The van der Waals surface area contributed by atoms with Gasteiger partial charge in [0.1, 0.15) is 5.82 Å². The van der Waals surface area contributed by atoms with Crippen LogP contribution in [0.1, 0.15) is 74.5 Å². The Morgan fingerprint density at radius 3 is 2.22 bits per heavy atom. The summed E-state index contributed by atoms with van der Waals surface area (Å²) >= 11 is 0. The van der Waals surface area contributed by atoms with Crippen molar-refractivity contribution in [3.8, 4) is 22.4 Å². The quantitative estimate of drug-likeness (QED) is 0.158. The standard InChI is InChI=1S/C37H41FN2O6/c1-23(2)34-33(36(44)39-28-16-10-24(22-41)11-17-28)32(25-8-6-5-7-9-25)35(26-12-14-27(38)15-13-26)40(34)19-18-29-20-30(21-31(42)43)46-37(3,4)45-29/h5-17,23,29-30,41H,18-22H2,1-4H3,(H,39,44)(H,42,43)/t29-,30-/m1/s1.